The zero-order valence-electron chi connectivity index (χ0n) is 16.4. The van der Waals surface area contributed by atoms with Crippen LogP contribution in [0.2, 0.25) is 0 Å². The predicted molar refractivity (Wildman–Crippen MR) is 111 cm³/mol. The number of nitrogens with two attached hydrogens (primary N) is 1. The first-order chi connectivity index (χ1) is 14.7. The number of hydrogen-bond acceptors (Lipinski definition) is 5. The summed E-state index contributed by atoms with van der Waals surface area (Å²) in [5, 5.41) is 12.9. The van der Waals surface area contributed by atoms with Crippen LogP contribution in [0.4, 0.5) is 30.2 Å². The van der Waals surface area contributed by atoms with Crippen LogP contribution in [0.5, 0.6) is 0 Å². The number of carbonyl (C=O) groups is 1. The second kappa shape index (κ2) is 10.3. The van der Waals surface area contributed by atoms with Crippen molar-refractivity contribution < 1.29 is 22.9 Å². The van der Waals surface area contributed by atoms with Crippen LogP contribution in [0.15, 0.2) is 36.4 Å². The lowest BCUT2D eigenvalue weighted by Crippen LogP contribution is -2.22. The molecule has 1 amide bonds. The molecule has 0 aromatic heterocycles. The van der Waals surface area contributed by atoms with Gasteiger partial charge in [-0.3, -0.25) is 14.9 Å². The fourth-order valence-corrected chi connectivity index (χ4v) is 3.32. The Morgan fingerprint density at radius 3 is 2.26 bits per heavy atom. The van der Waals surface area contributed by atoms with Gasteiger partial charge in [0, 0.05) is 19.2 Å². The number of anilines is 2. The molecule has 7 nitrogen and oxygen atoms in total. The van der Waals surface area contributed by atoms with E-state index in [1.165, 1.54) is 24.6 Å². The van der Waals surface area contributed by atoms with Gasteiger partial charge in [0.15, 0.2) is 0 Å². The molecule has 2 unspecified atom stereocenters. The highest BCUT2D eigenvalue weighted by Crippen LogP contribution is 2.46. The van der Waals surface area contributed by atoms with Gasteiger partial charge in [-0.15, -0.1) is 12.8 Å². The maximum atomic E-state index is 13.4. The lowest BCUT2D eigenvalue weighted by molar-refractivity contribution is -0.384. The molecule has 3 N–H and O–H groups in total. The van der Waals surface area contributed by atoms with Gasteiger partial charge in [0.05, 0.1) is 23.2 Å². The van der Waals surface area contributed by atoms with Crippen LogP contribution in [0.25, 0.3) is 0 Å². The second-order valence-electron chi connectivity index (χ2n) is 7.00. The number of nitro benzene ring substituents is 1. The molecule has 0 bridgehead atoms. The van der Waals surface area contributed by atoms with E-state index in [-0.39, 0.29) is 12.2 Å². The third-order valence-electron chi connectivity index (χ3n) is 4.84. The molecular weight excluding hydrogens is 413 g/mol. The fourth-order valence-electron chi connectivity index (χ4n) is 3.32. The van der Waals surface area contributed by atoms with Gasteiger partial charge in [0.2, 0.25) is 5.91 Å². The maximum absolute atomic E-state index is 13.4. The van der Waals surface area contributed by atoms with E-state index in [0.29, 0.717) is 5.69 Å². The highest BCUT2D eigenvalue weighted by molar-refractivity contribution is 5.80. The average molecular weight is 434 g/mol. The van der Waals surface area contributed by atoms with E-state index in [1.54, 1.807) is 0 Å². The molecule has 1 saturated carbocycles. The van der Waals surface area contributed by atoms with Crippen molar-refractivity contribution >= 4 is 23.0 Å². The molecule has 164 valence electrons. The van der Waals surface area contributed by atoms with Crippen LogP contribution in [0.3, 0.4) is 0 Å². The number of primary amides is 1. The monoisotopic (exact) mass is 434 g/mol. The molecule has 2 atom stereocenters. The summed E-state index contributed by atoms with van der Waals surface area (Å²) in [4.78, 5) is 22.2. The van der Waals surface area contributed by atoms with E-state index in [4.69, 9.17) is 5.73 Å². The standard InChI is InChI=1S/C11H11F2N.C8H8FN3O3.C2H2/c12-9-1-2-11(10(13)4-9)14-5-7-3-8(7)6-14;9-5-1-2-6(11-4-8(10)13)7(3-5)12(14)15;1-2/h1-2,4,7-8H,3,5-6H2;1-3,11H,4H2,(H2,10,13);1-2H. The number of terminal acetylenes is 1. The largest absolute Gasteiger partial charge is 0.371 e. The van der Waals surface area contributed by atoms with Crippen molar-refractivity contribution in [2.24, 2.45) is 17.6 Å². The molecule has 10 heteroatoms. The molecule has 1 aliphatic carbocycles. The quantitative estimate of drug-likeness (QED) is 0.427. The average Bonchev–Trinajstić information content (AvgIpc) is 3.34. The number of rotatable bonds is 5. The summed E-state index contributed by atoms with van der Waals surface area (Å²) >= 11 is 0. The van der Waals surface area contributed by atoms with Gasteiger partial charge in [-0.2, -0.15) is 0 Å². The van der Waals surface area contributed by atoms with Gasteiger partial charge in [0.1, 0.15) is 23.1 Å². The summed E-state index contributed by atoms with van der Waals surface area (Å²) in [6.07, 6.45) is 9.29. The first-order valence-electron chi connectivity index (χ1n) is 9.24. The second-order valence-corrected chi connectivity index (χ2v) is 7.00. The molecule has 0 spiro atoms. The third kappa shape index (κ3) is 6.37. The number of amides is 1. The molecular formula is C21H21F3N4O3. The highest BCUT2D eigenvalue weighted by Gasteiger charge is 2.45. The zero-order valence-corrected chi connectivity index (χ0v) is 16.4. The summed E-state index contributed by atoms with van der Waals surface area (Å²) in [7, 11) is 0. The van der Waals surface area contributed by atoms with Crippen molar-refractivity contribution in [3.05, 3.63) is 64.0 Å². The number of hydrogen-bond donors (Lipinski definition) is 2. The molecule has 1 aliphatic heterocycles. The van der Waals surface area contributed by atoms with Crippen molar-refractivity contribution in [2.45, 2.75) is 6.42 Å². The van der Waals surface area contributed by atoms with E-state index in [0.717, 1.165) is 43.1 Å². The van der Waals surface area contributed by atoms with Crippen molar-refractivity contribution in [1.82, 2.24) is 0 Å². The van der Waals surface area contributed by atoms with Crippen LogP contribution in [-0.4, -0.2) is 30.5 Å². The Morgan fingerprint density at radius 1 is 1.13 bits per heavy atom. The lowest BCUT2D eigenvalue weighted by Gasteiger charge is -2.20. The number of benzene rings is 2. The fraction of sp³-hybridized carbons (Fsp3) is 0.286. The minimum Gasteiger partial charge on any atom is -0.371 e. The summed E-state index contributed by atoms with van der Waals surface area (Å²) in [5.74, 6) is -0.791. The van der Waals surface area contributed by atoms with E-state index in [9.17, 15) is 28.1 Å². The number of halogens is 3. The smallest absolute Gasteiger partial charge is 0.295 e. The lowest BCUT2D eigenvalue weighted by atomic mass is 10.2. The summed E-state index contributed by atoms with van der Waals surface area (Å²) in [6.45, 7) is 1.63. The Morgan fingerprint density at radius 2 is 1.71 bits per heavy atom. The predicted octanol–water partition coefficient (Wildman–Crippen LogP) is 3.30. The molecule has 2 aromatic rings. The minimum atomic E-state index is -0.744. The third-order valence-corrected chi connectivity index (χ3v) is 4.84. The first kappa shape index (κ1) is 23.5. The Bertz CT molecular complexity index is 974. The summed E-state index contributed by atoms with van der Waals surface area (Å²) in [6, 6.07) is 6.81. The van der Waals surface area contributed by atoms with Gasteiger partial charge in [-0.25, -0.2) is 13.2 Å². The molecule has 1 saturated heterocycles. The van der Waals surface area contributed by atoms with Crippen LogP contribution in [0, 0.1) is 52.2 Å². The van der Waals surface area contributed by atoms with Crippen LogP contribution in [0.1, 0.15) is 6.42 Å². The molecule has 2 aromatic carbocycles. The number of nitro groups is 1. The van der Waals surface area contributed by atoms with Crippen molar-refractivity contribution in [3.63, 3.8) is 0 Å². The van der Waals surface area contributed by atoms with Gasteiger partial charge in [-0.1, -0.05) is 0 Å². The molecule has 31 heavy (non-hydrogen) atoms. The van der Waals surface area contributed by atoms with Gasteiger partial charge < -0.3 is 16.0 Å². The first-order valence-corrected chi connectivity index (χ1v) is 9.24. The molecule has 0 radical (unpaired) electrons. The zero-order chi connectivity index (χ0) is 23.1. The SMILES string of the molecule is C#C.Fc1ccc(N2CC3CC3C2)c(F)c1.NC(=O)CNc1ccc(F)cc1[N+](=O)[O-]. The molecule has 2 fully saturated rings. The highest BCUT2D eigenvalue weighted by atomic mass is 19.1. The number of carbonyl (C=O) groups excluding carboxylic acids is 1. The Hall–Kier alpha value is -3.74. The molecule has 2 aliphatic rings. The Balaban J connectivity index is 0.000000204. The maximum Gasteiger partial charge on any atom is 0.295 e. The number of piperidine rings is 1. The van der Waals surface area contributed by atoms with Gasteiger partial charge in [-0.05, 0) is 42.5 Å². The van der Waals surface area contributed by atoms with Gasteiger partial charge in [0.25, 0.3) is 5.69 Å². The number of fused-ring (bicyclic) bond motifs is 1. The van der Waals surface area contributed by atoms with Crippen LogP contribution >= 0.6 is 0 Å². The molecule has 1 heterocycles. The van der Waals surface area contributed by atoms with E-state index in [2.05, 4.69) is 18.2 Å². The normalized spacial score (nSPS) is 17.9. The topological polar surface area (TPSA) is 102 Å². The number of nitrogens with zero attached hydrogens (tertiary/aromatic N) is 2. The van der Waals surface area contributed by atoms with Crippen molar-refractivity contribution in [1.29, 1.82) is 0 Å². The van der Waals surface area contributed by atoms with Gasteiger partial charge >= 0.3 is 0 Å². The van der Waals surface area contributed by atoms with Crippen molar-refractivity contribution in [2.75, 3.05) is 29.9 Å². The molecule has 4 rings (SSSR count). The van der Waals surface area contributed by atoms with Crippen LogP contribution in [-0.2, 0) is 4.79 Å². The number of nitrogens with one attached hydrogen (secondary N) is 1. The van der Waals surface area contributed by atoms with Crippen molar-refractivity contribution in [3.8, 4) is 12.8 Å². The minimum absolute atomic E-state index is 0.0557. The Labute approximate surface area is 177 Å². The van der Waals surface area contributed by atoms with E-state index in [1.807, 2.05) is 4.90 Å². The van der Waals surface area contributed by atoms with E-state index < -0.39 is 34.0 Å². The summed E-state index contributed by atoms with van der Waals surface area (Å²) in [5.41, 5.74) is 5.03. The summed E-state index contributed by atoms with van der Waals surface area (Å²) < 4.78 is 38.7. The Kier molecular flexibility index (Phi) is 7.85. The van der Waals surface area contributed by atoms with E-state index >= 15 is 0 Å². The van der Waals surface area contributed by atoms with Crippen LogP contribution < -0.4 is 16.0 Å².